The van der Waals surface area contributed by atoms with Crippen LogP contribution in [0.3, 0.4) is 0 Å². The first-order valence-corrected chi connectivity index (χ1v) is 15.0. The molecule has 0 aromatic carbocycles. The van der Waals surface area contributed by atoms with Crippen LogP contribution < -0.4 is 10.6 Å². The predicted octanol–water partition coefficient (Wildman–Crippen LogP) is 4.88. The van der Waals surface area contributed by atoms with E-state index in [1.807, 2.05) is 6.26 Å². The Bertz CT molecular complexity index is 877. The molecular weight excluding hydrogens is 554 g/mol. The normalized spacial score (nSPS) is 14.3. The van der Waals surface area contributed by atoms with Gasteiger partial charge >= 0.3 is 24.2 Å². The predicted molar refractivity (Wildman–Crippen MR) is 158 cm³/mol. The summed E-state index contributed by atoms with van der Waals surface area (Å²) >= 11 is 1.51. The second kappa shape index (κ2) is 16.1. The zero-order chi connectivity index (χ0) is 32.3. The highest BCUT2D eigenvalue weighted by Crippen LogP contribution is 2.21. The summed E-state index contributed by atoms with van der Waals surface area (Å²) in [4.78, 5) is 65.9. The number of thioether (sulfide) groups is 1. The number of nitrogens with zero attached hydrogens (tertiary/aromatic N) is 1. The number of methoxy groups -OCH3 is 1. The van der Waals surface area contributed by atoms with E-state index in [9.17, 15) is 24.0 Å². The second-order valence-electron chi connectivity index (χ2n) is 13.0. The topological polar surface area (TPSA) is 150 Å². The van der Waals surface area contributed by atoms with Crippen LogP contribution >= 0.6 is 11.8 Å². The minimum absolute atomic E-state index is 0.186. The van der Waals surface area contributed by atoms with Gasteiger partial charge in [-0.25, -0.2) is 19.2 Å². The lowest BCUT2D eigenvalue weighted by Crippen LogP contribution is -2.56. The van der Waals surface area contributed by atoms with Gasteiger partial charge in [0.05, 0.1) is 7.11 Å². The Labute approximate surface area is 249 Å². The monoisotopic (exact) mass is 605 g/mol. The van der Waals surface area contributed by atoms with Gasteiger partial charge in [-0.05, 0) is 93.1 Å². The van der Waals surface area contributed by atoms with Crippen LogP contribution in [0.4, 0.5) is 14.4 Å². The fourth-order valence-electron chi connectivity index (χ4n) is 3.43. The Morgan fingerprint density at radius 2 is 1.24 bits per heavy atom. The maximum absolute atomic E-state index is 13.4. The molecule has 0 saturated carbocycles. The van der Waals surface area contributed by atoms with Gasteiger partial charge in [0.25, 0.3) is 0 Å². The summed E-state index contributed by atoms with van der Waals surface area (Å²) in [7, 11) is 1.13. The number of rotatable bonds is 11. The standard InChI is InChI=1S/C28H51N3O9S/c1-17(2)20(30-23(34)38-26(3,4)5)21(32)29-18(14-15-41-13)16-19(22(33)37-12)31(24(35)39-27(6,7)8)25(36)40-28(9,10)11/h17-20H,14-16H2,1-13H3,(H,29,32)(H,30,34)/t18?,19?,20-/m0/s1. The Balaban J connectivity index is 6.36. The SMILES string of the molecule is COC(=O)C(CC(CCSC)NC(=O)[C@@H](NC(=O)OC(C)(C)C)C(C)C)N(C(=O)OC(C)(C)C)C(=O)OC(C)(C)C. The fourth-order valence-corrected chi connectivity index (χ4v) is 3.95. The number of nitrogens with one attached hydrogen (secondary N) is 2. The molecule has 41 heavy (non-hydrogen) atoms. The van der Waals surface area contributed by atoms with Gasteiger partial charge in [0.15, 0.2) is 0 Å². The van der Waals surface area contributed by atoms with Crippen molar-refractivity contribution in [3.05, 3.63) is 0 Å². The maximum Gasteiger partial charge on any atom is 0.420 e. The summed E-state index contributed by atoms with van der Waals surface area (Å²) in [5.74, 6) is -1.12. The Kier molecular flexibility index (Phi) is 15.0. The quantitative estimate of drug-likeness (QED) is 0.246. The lowest BCUT2D eigenvalue weighted by molar-refractivity contribution is -0.147. The molecule has 2 unspecified atom stereocenters. The molecule has 0 aliphatic heterocycles. The smallest absolute Gasteiger partial charge is 0.420 e. The van der Waals surface area contributed by atoms with Gasteiger partial charge in [-0.1, -0.05) is 13.8 Å². The summed E-state index contributed by atoms with van der Waals surface area (Å²) in [5.41, 5.74) is -2.73. The van der Waals surface area contributed by atoms with Crippen molar-refractivity contribution < 1.29 is 42.9 Å². The molecule has 0 radical (unpaired) electrons. The van der Waals surface area contributed by atoms with Gasteiger partial charge in [-0.15, -0.1) is 0 Å². The molecule has 238 valence electrons. The van der Waals surface area contributed by atoms with Gasteiger partial charge in [-0.3, -0.25) is 4.79 Å². The summed E-state index contributed by atoms with van der Waals surface area (Å²) in [5, 5.41) is 5.48. The van der Waals surface area contributed by atoms with Crippen molar-refractivity contribution in [3.8, 4) is 0 Å². The molecule has 0 heterocycles. The first-order valence-electron chi connectivity index (χ1n) is 13.6. The minimum atomic E-state index is -1.48. The average molecular weight is 606 g/mol. The summed E-state index contributed by atoms with van der Waals surface area (Å²) in [6, 6.07) is -3.13. The first kappa shape index (κ1) is 38.3. The number of carbonyl (C=O) groups excluding carboxylic acids is 5. The van der Waals surface area contributed by atoms with Crippen LogP contribution in [-0.2, 0) is 28.5 Å². The number of hydrogen-bond donors (Lipinski definition) is 2. The molecule has 2 N–H and O–H groups in total. The number of alkyl carbamates (subject to hydrolysis) is 1. The van der Waals surface area contributed by atoms with Crippen LogP contribution in [0.25, 0.3) is 0 Å². The van der Waals surface area contributed by atoms with Gasteiger partial charge in [0, 0.05) is 6.04 Å². The van der Waals surface area contributed by atoms with Crippen molar-refractivity contribution >= 4 is 41.9 Å². The Morgan fingerprint density at radius 1 is 0.780 bits per heavy atom. The van der Waals surface area contributed by atoms with E-state index < -0.39 is 65.1 Å². The molecule has 12 nitrogen and oxygen atoms in total. The third-order valence-electron chi connectivity index (χ3n) is 5.11. The van der Waals surface area contributed by atoms with E-state index in [0.29, 0.717) is 17.1 Å². The van der Waals surface area contributed by atoms with Crippen molar-refractivity contribution in [1.82, 2.24) is 15.5 Å². The van der Waals surface area contributed by atoms with Crippen molar-refractivity contribution in [1.29, 1.82) is 0 Å². The molecule has 0 aliphatic rings. The third kappa shape index (κ3) is 15.8. The minimum Gasteiger partial charge on any atom is -0.467 e. The number of imide groups is 1. The number of hydrogen-bond acceptors (Lipinski definition) is 10. The van der Waals surface area contributed by atoms with E-state index in [4.69, 9.17) is 18.9 Å². The van der Waals surface area contributed by atoms with Gasteiger partial charge in [0.1, 0.15) is 28.9 Å². The molecule has 0 fully saturated rings. The van der Waals surface area contributed by atoms with Crippen LogP contribution in [0, 0.1) is 5.92 Å². The highest BCUT2D eigenvalue weighted by atomic mass is 32.2. The highest BCUT2D eigenvalue weighted by Gasteiger charge is 2.42. The highest BCUT2D eigenvalue weighted by molar-refractivity contribution is 7.98. The lowest BCUT2D eigenvalue weighted by Gasteiger charge is -2.34. The number of ether oxygens (including phenoxy) is 4. The van der Waals surface area contributed by atoms with E-state index in [-0.39, 0.29) is 12.3 Å². The molecule has 4 amide bonds. The number of amides is 4. The maximum atomic E-state index is 13.4. The molecular formula is C28H51N3O9S. The molecule has 0 aromatic rings. The van der Waals surface area contributed by atoms with Gasteiger partial charge in [0.2, 0.25) is 5.91 Å². The largest absolute Gasteiger partial charge is 0.467 e. The van der Waals surface area contributed by atoms with E-state index in [1.54, 1.807) is 76.2 Å². The molecule has 0 bridgehead atoms. The van der Waals surface area contributed by atoms with Gasteiger partial charge < -0.3 is 29.6 Å². The van der Waals surface area contributed by atoms with Crippen molar-refractivity contribution in [2.45, 2.75) is 124 Å². The number of carbonyl (C=O) groups is 5. The second-order valence-corrected chi connectivity index (χ2v) is 13.9. The molecule has 0 rings (SSSR count). The molecule has 0 aromatic heterocycles. The molecule has 0 aliphatic carbocycles. The van der Waals surface area contributed by atoms with E-state index in [1.165, 1.54) is 11.8 Å². The zero-order valence-electron chi connectivity index (χ0n) is 27.0. The molecule has 0 spiro atoms. The number of esters is 1. The van der Waals surface area contributed by atoms with E-state index in [0.717, 1.165) is 7.11 Å². The summed E-state index contributed by atoms with van der Waals surface area (Å²) in [6.07, 6.45) is -0.859. The zero-order valence-corrected chi connectivity index (χ0v) is 27.8. The fraction of sp³-hybridized carbons (Fsp3) is 0.821. The molecule has 13 heteroatoms. The van der Waals surface area contributed by atoms with Crippen LogP contribution in [0.1, 0.15) is 89.0 Å². The first-order chi connectivity index (χ1) is 18.5. The summed E-state index contributed by atoms with van der Waals surface area (Å²) < 4.78 is 21.1. The average Bonchev–Trinajstić information content (AvgIpc) is 2.75. The Morgan fingerprint density at radius 3 is 1.61 bits per heavy atom. The van der Waals surface area contributed by atoms with Crippen LogP contribution in [0.5, 0.6) is 0 Å². The molecule has 3 atom stereocenters. The van der Waals surface area contributed by atoms with Crippen molar-refractivity contribution in [3.63, 3.8) is 0 Å². The van der Waals surface area contributed by atoms with Crippen LogP contribution in [0.2, 0.25) is 0 Å². The van der Waals surface area contributed by atoms with E-state index >= 15 is 0 Å². The van der Waals surface area contributed by atoms with E-state index in [2.05, 4.69) is 10.6 Å². The van der Waals surface area contributed by atoms with Crippen LogP contribution in [0.15, 0.2) is 0 Å². The van der Waals surface area contributed by atoms with Crippen molar-refractivity contribution in [2.24, 2.45) is 5.92 Å². The Hall–Kier alpha value is -2.70. The lowest BCUT2D eigenvalue weighted by atomic mass is 10.00. The van der Waals surface area contributed by atoms with Gasteiger partial charge in [-0.2, -0.15) is 16.7 Å². The van der Waals surface area contributed by atoms with Crippen molar-refractivity contribution in [2.75, 3.05) is 19.1 Å². The van der Waals surface area contributed by atoms with Crippen LogP contribution in [-0.4, -0.2) is 89.1 Å². The third-order valence-corrected chi connectivity index (χ3v) is 5.76. The molecule has 0 saturated heterocycles. The summed E-state index contributed by atoms with van der Waals surface area (Å²) in [6.45, 7) is 18.4.